The van der Waals surface area contributed by atoms with E-state index in [1.807, 2.05) is 0 Å². The number of urea groups is 1. The zero-order chi connectivity index (χ0) is 19.1. The SMILES string of the molecule is Cc1cnc(NC(=O)Nc2ccc(CNC(=O)CN(C)C)cc2O)cn1. The van der Waals surface area contributed by atoms with Crippen molar-refractivity contribution in [2.75, 3.05) is 31.3 Å². The van der Waals surface area contributed by atoms with E-state index in [-0.39, 0.29) is 30.4 Å². The summed E-state index contributed by atoms with van der Waals surface area (Å²) in [6, 6.07) is 4.20. The van der Waals surface area contributed by atoms with Gasteiger partial charge in [0.05, 0.1) is 30.3 Å². The fourth-order valence-corrected chi connectivity index (χ4v) is 2.06. The summed E-state index contributed by atoms with van der Waals surface area (Å²) in [5.74, 6) is 0.0811. The van der Waals surface area contributed by atoms with E-state index in [0.717, 1.165) is 5.69 Å². The minimum absolute atomic E-state index is 0.102. The van der Waals surface area contributed by atoms with Crippen molar-refractivity contribution in [1.82, 2.24) is 20.2 Å². The molecule has 0 aliphatic rings. The first-order valence-corrected chi connectivity index (χ1v) is 7.93. The predicted molar refractivity (Wildman–Crippen MR) is 97.9 cm³/mol. The van der Waals surface area contributed by atoms with Gasteiger partial charge in [0.2, 0.25) is 5.91 Å². The number of phenols is 1. The number of likely N-dealkylation sites (N-methyl/N-ethyl adjacent to an activating group) is 1. The van der Waals surface area contributed by atoms with Crippen molar-refractivity contribution in [3.63, 3.8) is 0 Å². The zero-order valence-electron chi connectivity index (χ0n) is 14.9. The molecule has 4 N–H and O–H groups in total. The van der Waals surface area contributed by atoms with E-state index in [2.05, 4.69) is 25.9 Å². The third kappa shape index (κ3) is 6.02. The lowest BCUT2D eigenvalue weighted by Gasteiger charge is -2.12. The summed E-state index contributed by atoms with van der Waals surface area (Å²) >= 11 is 0. The highest BCUT2D eigenvalue weighted by Crippen LogP contribution is 2.24. The molecule has 1 heterocycles. The Balaban J connectivity index is 1.91. The molecule has 0 aliphatic carbocycles. The van der Waals surface area contributed by atoms with Gasteiger partial charge in [0, 0.05) is 6.54 Å². The number of carbonyl (C=O) groups is 2. The van der Waals surface area contributed by atoms with Crippen LogP contribution in [-0.2, 0) is 11.3 Å². The third-order valence-electron chi connectivity index (χ3n) is 3.28. The van der Waals surface area contributed by atoms with E-state index in [4.69, 9.17) is 0 Å². The summed E-state index contributed by atoms with van der Waals surface area (Å²) in [5.41, 5.74) is 1.69. The Morgan fingerprint density at radius 1 is 1.15 bits per heavy atom. The molecule has 9 nitrogen and oxygen atoms in total. The van der Waals surface area contributed by atoms with Crippen LogP contribution >= 0.6 is 0 Å². The highest BCUT2D eigenvalue weighted by Gasteiger charge is 2.09. The largest absolute Gasteiger partial charge is 0.506 e. The number of anilines is 2. The zero-order valence-corrected chi connectivity index (χ0v) is 14.9. The van der Waals surface area contributed by atoms with Gasteiger partial charge in [-0.2, -0.15) is 0 Å². The summed E-state index contributed by atoms with van der Waals surface area (Å²) in [6.45, 7) is 2.36. The smallest absolute Gasteiger partial charge is 0.324 e. The van der Waals surface area contributed by atoms with Crippen LogP contribution < -0.4 is 16.0 Å². The van der Waals surface area contributed by atoms with Gasteiger partial charge in [0.25, 0.3) is 0 Å². The van der Waals surface area contributed by atoms with Crippen LogP contribution in [0.2, 0.25) is 0 Å². The molecule has 0 aliphatic heterocycles. The number of rotatable bonds is 6. The summed E-state index contributed by atoms with van der Waals surface area (Å²) in [6.07, 6.45) is 2.97. The van der Waals surface area contributed by atoms with E-state index < -0.39 is 6.03 Å². The molecule has 9 heteroatoms. The number of aromatic hydroxyl groups is 1. The van der Waals surface area contributed by atoms with Crippen LogP contribution in [0.25, 0.3) is 0 Å². The van der Waals surface area contributed by atoms with Crippen molar-refractivity contribution in [3.05, 3.63) is 41.9 Å². The predicted octanol–water partition coefficient (Wildman–Crippen LogP) is 1.31. The van der Waals surface area contributed by atoms with Crippen molar-refractivity contribution >= 4 is 23.4 Å². The van der Waals surface area contributed by atoms with E-state index >= 15 is 0 Å². The number of nitrogens with zero attached hydrogens (tertiary/aromatic N) is 3. The van der Waals surface area contributed by atoms with Gasteiger partial charge in [-0.3, -0.25) is 15.1 Å². The fourth-order valence-electron chi connectivity index (χ4n) is 2.06. The number of aromatic nitrogens is 2. The van der Waals surface area contributed by atoms with Crippen LogP contribution in [-0.4, -0.2) is 52.6 Å². The first kappa shape index (κ1) is 19.1. The molecule has 26 heavy (non-hydrogen) atoms. The number of hydrogen-bond donors (Lipinski definition) is 4. The Morgan fingerprint density at radius 3 is 2.54 bits per heavy atom. The molecular weight excluding hydrogens is 336 g/mol. The Bertz CT molecular complexity index is 777. The van der Waals surface area contributed by atoms with Crippen molar-refractivity contribution in [1.29, 1.82) is 0 Å². The van der Waals surface area contributed by atoms with Crippen LogP contribution in [0.4, 0.5) is 16.3 Å². The maximum absolute atomic E-state index is 12.0. The molecule has 0 atom stereocenters. The molecule has 0 bridgehead atoms. The Kier molecular flexibility index (Phi) is 6.45. The third-order valence-corrected chi connectivity index (χ3v) is 3.28. The lowest BCUT2D eigenvalue weighted by molar-refractivity contribution is -0.121. The van der Waals surface area contributed by atoms with Crippen molar-refractivity contribution in [2.45, 2.75) is 13.5 Å². The van der Waals surface area contributed by atoms with E-state index in [1.165, 1.54) is 18.5 Å². The summed E-state index contributed by atoms with van der Waals surface area (Å²) in [5, 5.41) is 17.9. The highest BCUT2D eigenvalue weighted by atomic mass is 16.3. The Morgan fingerprint density at radius 2 is 1.92 bits per heavy atom. The second-order valence-corrected chi connectivity index (χ2v) is 5.99. The van der Waals surface area contributed by atoms with Gasteiger partial charge >= 0.3 is 6.03 Å². The monoisotopic (exact) mass is 358 g/mol. The van der Waals surface area contributed by atoms with Gasteiger partial charge in [-0.1, -0.05) is 6.07 Å². The first-order valence-electron chi connectivity index (χ1n) is 7.93. The Labute approximate surface area is 151 Å². The molecule has 0 unspecified atom stereocenters. The minimum atomic E-state index is -0.550. The second-order valence-electron chi connectivity index (χ2n) is 5.99. The number of aryl methyl sites for hydroxylation is 1. The molecule has 0 saturated carbocycles. The molecule has 0 radical (unpaired) electrons. The quantitative estimate of drug-likeness (QED) is 0.578. The average Bonchev–Trinajstić information content (AvgIpc) is 2.57. The standard InChI is InChI=1S/C17H22N6O3/c1-11-7-19-15(9-18-11)22-17(26)21-13-5-4-12(6-14(13)24)8-20-16(25)10-23(2)3/h4-7,9,24H,8,10H2,1-3H3,(H,20,25)(H2,19,21,22,26). The first-order chi connectivity index (χ1) is 12.3. The second kappa shape index (κ2) is 8.77. The summed E-state index contributed by atoms with van der Waals surface area (Å²) in [7, 11) is 3.61. The molecule has 138 valence electrons. The van der Waals surface area contributed by atoms with Gasteiger partial charge in [0.1, 0.15) is 5.75 Å². The van der Waals surface area contributed by atoms with Gasteiger partial charge in [0.15, 0.2) is 5.82 Å². The Hall–Kier alpha value is -3.20. The molecule has 0 saturated heterocycles. The lowest BCUT2D eigenvalue weighted by Crippen LogP contribution is -2.32. The molecule has 0 spiro atoms. The van der Waals surface area contributed by atoms with Gasteiger partial charge in [-0.15, -0.1) is 0 Å². The van der Waals surface area contributed by atoms with Crippen LogP contribution in [0.3, 0.4) is 0 Å². The van der Waals surface area contributed by atoms with Gasteiger partial charge in [-0.05, 0) is 38.7 Å². The normalized spacial score (nSPS) is 10.5. The average molecular weight is 358 g/mol. The van der Waals surface area contributed by atoms with Crippen LogP contribution in [0.15, 0.2) is 30.6 Å². The lowest BCUT2D eigenvalue weighted by atomic mass is 10.2. The molecule has 1 aromatic heterocycles. The fraction of sp³-hybridized carbons (Fsp3) is 0.294. The van der Waals surface area contributed by atoms with Crippen LogP contribution in [0, 0.1) is 6.92 Å². The maximum Gasteiger partial charge on any atom is 0.324 e. The molecule has 3 amide bonds. The number of benzene rings is 1. The number of hydrogen-bond acceptors (Lipinski definition) is 6. The summed E-state index contributed by atoms with van der Waals surface area (Å²) < 4.78 is 0. The van der Waals surface area contributed by atoms with Crippen molar-refractivity contribution in [2.24, 2.45) is 0 Å². The van der Waals surface area contributed by atoms with E-state index in [0.29, 0.717) is 11.4 Å². The molecule has 0 fully saturated rings. The molecule has 2 rings (SSSR count). The van der Waals surface area contributed by atoms with Crippen molar-refractivity contribution in [3.8, 4) is 5.75 Å². The highest BCUT2D eigenvalue weighted by molar-refractivity contribution is 6.00. The number of amides is 3. The van der Waals surface area contributed by atoms with E-state index in [1.54, 1.807) is 38.1 Å². The maximum atomic E-state index is 12.0. The van der Waals surface area contributed by atoms with Gasteiger partial charge in [-0.25, -0.2) is 9.78 Å². The molecule has 2 aromatic rings. The van der Waals surface area contributed by atoms with E-state index in [9.17, 15) is 14.7 Å². The number of nitrogens with one attached hydrogen (secondary N) is 3. The minimum Gasteiger partial charge on any atom is -0.506 e. The van der Waals surface area contributed by atoms with Crippen LogP contribution in [0.1, 0.15) is 11.3 Å². The number of phenolic OH excluding ortho intramolecular Hbond substituents is 1. The van der Waals surface area contributed by atoms with Crippen molar-refractivity contribution < 1.29 is 14.7 Å². The van der Waals surface area contributed by atoms with Crippen LogP contribution in [0.5, 0.6) is 5.75 Å². The molecular formula is C17H22N6O3. The summed E-state index contributed by atoms with van der Waals surface area (Å²) in [4.78, 5) is 33.4. The molecule has 1 aromatic carbocycles. The topological polar surface area (TPSA) is 119 Å². The van der Waals surface area contributed by atoms with Gasteiger partial charge < -0.3 is 20.6 Å². The number of carbonyl (C=O) groups excluding carboxylic acids is 2.